The molecule has 1 aromatic rings. The fraction of sp³-hybridized carbons (Fsp3) is 0.667. The lowest BCUT2D eigenvalue weighted by atomic mass is 10.1. The zero-order valence-corrected chi connectivity index (χ0v) is 9.78. The summed E-state index contributed by atoms with van der Waals surface area (Å²) in [6.45, 7) is 3.85. The van der Waals surface area contributed by atoms with Crippen LogP contribution in [-0.2, 0) is 4.74 Å². The lowest BCUT2D eigenvalue weighted by Crippen LogP contribution is -2.22. The van der Waals surface area contributed by atoms with Gasteiger partial charge in [-0.2, -0.15) is 5.10 Å². The molecule has 0 radical (unpaired) electrons. The van der Waals surface area contributed by atoms with Crippen molar-refractivity contribution in [3.05, 3.63) is 17.8 Å². The average Bonchev–Trinajstić information content (AvgIpc) is 2.30. The van der Waals surface area contributed by atoms with E-state index in [9.17, 15) is 0 Å². The van der Waals surface area contributed by atoms with Gasteiger partial charge in [0.1, 0.15) is 5.82 Å². The highest BCUT2D eigenvalue weighted by molar-refractivity contribution is 5.34. The number of rotatable bonds is 4. The van der Waals surface area contributed by atoms with Crippen LogP contribution in [-0.4, -0.2) is 29.5 Å². The topological polar surface area (TPSA) is 47.0 Å². The van der Waals surface area contributed by atoms with Crippen LogP contribution in [0.3, 0.4) is 0 Å². The Morgan fingerprint density at radius 2 is 2.44 bits per heavy atom. The molecular formula is C12H19N3O. The monoisotopic (exact) mass is 221 g/mol. The molecule has 1 aromatic heterocycles. The van der Waals surface area contributed by atoms with Gasteiger partial charge in [-0.15, -0.1) is 5.10 Å². The Morgan fingerprint density at radius 1 is 1.50 bits per heavy atom. The number of anilines is 1. The van der Waals surface area contributed by atoms with Crippen molar-refractivity contribution in [2.45, 2.75) is 38.7 Å². The van der Waals surface area contributed by atoms with E-state index in [1.54, 1.807) is 6.20 Å². The van der Waals surface area contributed by atoms with Gasteiger partial charge in [0.05, 0.1) is 12.3 Å². The number of nitrogens with zero attached hydrogens (tertiary/aromatic N) is 2. The van der Waals surface area contributed by atoms with Gasteiger partial charge in [0.15, 0.2) is 0 Å². The first kappa shape index (κ1) is 11.3. The molecule has 1 aliphatic rings. The van der Waals surface area contributed by atoms with Crippen LogP contribution in [0.15, 0.2) is 12.3 Å². The average molecular weight is 221 g/mol. The molecule has 2 rings (SSSR count). The van der Waals surface area contributed by atoms with Gasteiger partial charge >= 0.3 is 0 Å². The van der Waals surface area contributed by atoms with E-state index in [2.05, 4.69) is 15.5 Å². The van der Waals surface area contributed by atoms with E-state index in [0.29, 0.717) is 6.10 Å². The summed E-state index contributed by atoms with van der Waals surface area (Å²) in [5.74, 6) is 0.857. The van der Waals surface area contributed by atoms with Gasteiger partial charge in [0.2, 0.25) is 0 Å². The summed E-state index contributed by atoms with van der Waals surface area (Å²) in [6, 6.07) is 2.01. The van der Waals surface area contributed by atoms with Crippen LogP contribution in [0, 0.1) is 6.92 Å². The molecule has 0 spiro atoms. The Morgan fingerprint density at radius 3 is 3.19 bits per heavy atom. The smallest absolute Gasteiger partial charge is 0.148 e. The lowest BCUT2D eigenvalue weighted by Gasteiger charge is -2.22. The molecule has 0 amide bonds. The first-order valence-electron chi connectivity index (χ1n) is 5.99. The Bertz CT molecular complexity index is 324. The summed E-state index contributed by atoms with van der Waals surface area (Å²) in [5, 5.41) is 11.2. The van der Waals surface area contributed by atoms with Crippen molar-refractivity contribution in [2.75, 3.05) is 18.5 Å². The molecule has 88 valence electrons. The highest BCUT2D eigenvalue weighted by Gasteiger charge is 2.12. The van der Waals surface area contributed by atoms with Crippen LogP contribution in [0.25, 0.3) is 0 Å². The van der Waals surface area contributed by atoms with E-state index >= 15 is 0 Å². The Hall–Kier alpha value is -1.16. The zero-order chi connectivity index (χ0) is 11.2. The molecule has 1 aliphatic heterocycles. The maximum Gasteiger partial charge on any atom is 0.148 e. The number of nitrogens with one attached hydrogen (secondary N) is 1. The first-order valence-corrected chi connectivity index (χ1v) is 5.99. The molecule has 0 saturated carbocycles. The molecule has 16 heavy (non-hydrogen) atoms. The van der Waals surface area contributed by atoms with Crippen molar-refractivity contribution < 1.29 is 4.74 Å². The maximum absolute atomic E-state index is 5.66. The molecule has 1 unspecified atom stereocenters. The minimum absolute atomic E-state index is 0.430. The summed E-state index contributed by atoms with van der Waals surface area (Å²) in [5.41, 5.74) is 1.13. The summed E-state index contributed by atoms with van der Waals surface area (Å²) >= 11 is 0. The molecule has 2 heterocycles. The molecule has 4 nitrogen and oxygen atoms in total. The normalized spacial score (nSPS) is 20.7. The molecule has 0 aromatic carbocycles. The summed E-state index contributed by atoms with van der Waals surface area (Å²) in [4.78, 5) is 0. The molecule has 4 heteroatoms. The van der Waals surface area contributed by atoms with Crippen LogP contribution in [0.1, 0.15) is 31.2 Å². The van der Waals surface area contributed by atoms with Gasteiger partial charge in [-0.3, -0.25) is 0 Å². The Labute approximate surface area is 96.4 Å². The third-order valence-electron chi connectivity index (χ3n) is 2.84. The van der Waals surface area contributed by atoms with Gasteiger partial charge in [-0.1, -0.05) is 0 Å². The van der Waals surface area contributed by atoms with Crippen molar-refractivity contribution in [1.29, 1.82) is 0 Å². The van der Waals surface area contributed by atoms with E-state index < -0.39 is 0 Å². The second kappa shape index (κ2) is 5.80. The molecular weight excluding hydrogens is 202 g/mol. The Balaban J connectivity index is 1.71. The summed E-state index contributed by atoms with van der Waals surface area (Å²) in [6.07, 6.45) is 6.95. The van der Waals surface area contributed by atoms with E-state index in [1.807, 2.05) is 13.0 Å². The summed E-state index contributed by atoms with van der Waals surface area (Å²) < 4.78 is 5.66. The number of ether oxygens (including phenoxy) is 1. The number of hydrogen-bond acceptors (Lipinski definition) is 4. The van der Waals surface area contributed by atoms with Gasteiger partial charge < -0.3 is 10.1 Å². The standard InChI is InChI=1S/C12H19N3O/c1-10-8-12(15-14-9-10)13-6-5-11-4-2-3-7-16-11/h8-9,11H,2-7H2,1H3,(H,13,15). The highest BCUT2D eigenvalue weighted by Crippen LogP contribution is 2.15. The van der Waals surface area contributed by atoms with Crippen molar-refractivity contribution in [3.8, 4) is 0 Å². The van der Waals surface area contributed by atoms with Gasteiger partial charge in [-0.05, 0) is 44.2 Å². The van der Waals surface area contributed by atoms with Gasteiger partial charge in [-0.25, -0.2) is 0 Å². The predicted molar refractivity (Wildman–Crippen MR) is 63.5 cm³/mol. The largest absolute Gasteiger partial charge is 0.378 e. The van der Waals surface area contributed by atoms with Crippen molar-refractivity contribution in [3.63, 3.8) is 0 Å². The third-order valence-corrected chi connectivity index (χ3v) is 2.84. The predicted octanol–water partition coefficient (Wildman–Crippen LogP) is 2.16. The van der Waals surface area contributed by atoms with E-state index in [1.165, 1.54) is 19.3 Å². The molecule has 0 aliphatic carbocycles. The zero-order valence-electron chi connectivity index (χ0n) is 9.78. The number of hydrogen-bond donors (Lipinski definition) is 1. The van der Waals surface area contributed by atoms with Crippen LogP contribution in [0.2, 0.25) is 0 Å². The second-order valence-electron chi connectivity index (χ2n) is 4.32. The minimum Gasteiger partial charge on any atom is -0.378 e. The minimum atomic E-state index is 0.430. The lowest BCUT2D eigenvalue weighted by molar-refractivity contribution is 0.0134. The van der Waals surface area contributed by atoms with Crippen molar-refractivity contribution >= 4 is 5.82 Å². The van der Waals surface area contributed by atoms with Crippen molar-refractivity contribution in [2.24, 2.45) is 0 Å². The Kier molecular flexibility index (Phi) is 4.10. The fourth-order valence-electron chi connectivity index (χ4n) is 1.95. The highest BCUT2D eigenvalue weighted by atomic mass is 16.5. The quantitative estimate of drug-likeness (QED) is 0.846. The van der Waals surface area contributed by atoms with Crippen LogP contribution < -0.4 is 5.32 Å². The number of aromatic nitrogens is 2. The van der Waals surface area contributed by atoms with Crippen molar-refractivity contribution in [1.82, 2.24) is 10.2 Å². The van der Waals surface area contributed by atoms with E-state index in [4.69, 9.17) is 4.74 Å². The second-order valence-corrected chi connectivity index (χ2v) is 4.32. The SMILES string of the molecule is Cc1cnnc(NCCC2CCCCO2)c1. The third kappa shape index (κ3) is 3.45. The fourth-order valence-corrected chi connectivity index (χ4v) is 1.95. The number of aryl methyl sites for hydroxylation is 1. The van der Waals surface area contributed by atoms with Gasteiger partial charge in [0, 0.05) is 13.2 Å². The molecule has 1 fully saturated rings. The van der Waals surface area contributed by atoms with Gasteiger partial charge in [0.25, 0.3) is 0 Å². The molecule has 1 atom stereocenters. The van der Waals surface area contributed by atoms with Crippen LogP contribution in [0.4, 0.5) is 5.82 Å². The van der Waals surface area contributed by atoms with Crippen LogP contribution in [0.5, 0.6) is 0 Å². The summed E-state index contributed by atoms with van der Waals surface area (Å²) in [7, 11) is 0. The van der Waals surface area contributed by atoms with E-state index in [-0.39, 0.29) is 0 Å². The maximum atomic E-state index is 5.66. The van der Waals surface area contributed by atoms with Crippen LogP contribution >= 0.6 is 0 Å². The molecule has 1 saturated heterocycles. The van der Waals surface area contributed by atoms with E-state index in [0.717, 1.165) is 31.0 Å². The molecule has 1 N–H and O–H groups in total. The first-order chi connectivity index (χ1) is 7.84. The molecule has 0 bridgehead atoms.